The number of benzene rings is 1. The molecule has 2 N–H and O–H groups in total. The van der Waals surface area contributed by atoms with Gasteiger partial charge in [-0.1, -0.05) is 32.0 Å². The summed E-state index contributed by atoms with van der Waals surface area (Å²) in [5, 5.41) is 6.15. The highest BCUT2D eigenvalue weighted by atomic mass is 16.5. The molecule has 25 heavy (non-hydrogen) atoms. The highest BCUT2D eigenvalue weighted by Crippen LogP contribution is 2.27. The molecule has 2 aromatic rings. The zero-order valence-electron chi connectivity index (χ0n) is 15.5. The van der Waals surface area contributed by atoms with Crippen molar-refractivity contribution in [3.8, 4) is 0 Å². The van der Waals surface area contributed by atoms with Crippen molar-refractivity contribution in [1.29, 1.82) is 0 Å². The molecule has 0 atom stereocenters. The molecule has 6 nitrogen and oxygen atoms in total. The van der Waals surface area contributed by atoms with Crippen molar-refractivity contribution in [3.05, 3.63) is 46.9 Å². The summed E-state index contributed by atoms with van der Waals surface area (Å²) in [5.74, 6) is 1.23. The fourth-order valence-corrected chi connectivity index (χ4v) is 2.58. The number of methoxy groups -OCH3 is 1. The number of nitrogens with one attached hydrogen (secondary N) is 2. The molecule has 1 aromatic carbocycles. The smallest absolute Gasteiger partial charge is 0.274 e. The van der Waals surface area contributed by atoms with E-state index >= 15 is 0 Å². The lowest BCUT2D eigenvalue weighted by atomic mass is 9.98. The van der Waals surface area contributed by atoms with Crippen molar-refractivity contribution in [2.75, 3.05) is 30.9 Å². The van der Waals surface area contributed by atoms with Crippen LogP contribution in [0.3, 0.4) is 0 Å². The lowest BCUT2D eigenvalue weighted by Crippen LogP contribution is -2.18. The molecule has 0 unspecified atom stereocenters. The molecule has 0 aliphatic rings. The number of carbonyl (C=O) groups is 1. The van der Waals surface area contributed by atoms with Gasteiger partial charge >= 0.3 is 0 Å². The normalized spacial score (nSPS) is 10.8. The molecule has 0 fully saturated rings. The molecule has 0 saturated heterocycles. The lowest BCUT2D eigenvalue weighted by Gasteiger charge is -2.16. The second-order valence-corrected chi connectivity index (χ2v) is 6.25. The maximum atomic E-state index is 12.7. The Balaban J connectivity index is 2.24. The van der Waals surface area contributed by atoms with Gasteiger partial charge in [-0.25, -0.2) is 9.97 Å². The standard InChI is InChI=1S/C19H26N4O2/c1-12(2)15-8-6-7-13(3)18(15)23-19(24)16-11-17(20-9-10-25-5)22-14(4)21-16/h6-8,11-12H,9-10H2,1-5H3,(H,23,24)(H,20,21,22). The molecule has 0 radical (unpaired) electrons. The predicted molar refractivity (Wildman–Crippen MR) is 100 cm³/mol. The first kappa shape index (κ1) is 18.9. The van der Waals surface area contributed by atoms with Crippen LogP contribution in [0.15, 0.2) is 24.3 Å². The molecule has 0 bridgehead atoms. The molecular weight excluding hydrogens is 316 g/mol. The Labute approximate surface area is 149 Å². The minimum absolute atomic E-state index is 0.239. The zero-order valence-corrected chi connectivity index (χ0v) is 15.5. The van der Waals surface area contributed by atoms with Crippen molar-refractivity contribution in [3.63, 3.8) is 0 Å². The number of nitrogens with zero attached hydrogens (tertiary/aromatic N) is 2. The number of aryl methyl sites for hydroxylation is 2. The lowest BCUT2D eigenvalue weighted by molar-refractivity contribution is 0.102. The van der Waals surface area contributed by atoms with E-state index in [1.54, 1.807) is 20.1 Å². The minimum Gasteiger partial charge on any atom is -0.383 e. The number of para-hydroxylation sites is 1. The Morgan fingerprint density at radius 1 is 1.24 bits per heavy atom. The first-order chi connectivity index (χ1) is 11.9. The van der Waals surface area contributed by atoms with E-state index in [2.05, 4.69) is 34.4 Å². The molecular formula is C19H26N4O2. The Hall–Kier alpha value is -2.47. The largest absolute Gasteiger partial charge is 0.383 e. The number of anilines is 2. The Morgan fingerprint density at radius 2 is 2.00 bits per heavy atom. The average molecular weight is 342 g/mol. The van der Waals surface area contributed by atoms with Crippen LogP contribution < -0.4 is 10.6 Å². The van der Waals surface area contributed by atoms with Gasteiger partial charge in [0.15, 0.2) is 0 Å². The fourth-order valence-electron chi connectivity index (χ4n) is 2.58. The van der Waals surface area contributed by atoms with Crippen molar-refractivity contribution >= 4 is 17.4 Å². The van der Waals surface area contributed by atoms with E-state index < -0.39 is 0 Å². The number of aromatic nitrogens is 2. The quantitative estimate of drug-likeness (QED) is 0.753. The van der Waals surface area contributed by atoms with Crippen LogP contribution in [0.5, 0.6) is 0 Å². The highest BCUT2D eigenvalue weighted by molar-refractivity contribution is 6.04. The van der Waals surface area contributed by atoms with Gasteiger partial charge in [0, 0.05) is 25.4 Å². The maximum absolute atomic E-state index is 12.7. The number of carbonyl (C=O) groups excluding carboxylic acids is 1. The van der Waals surface area contributed by atoms with Crippen LogP contribution in [-0.4, -0.2) is 36.1 Å². The molecule has 134 valence electrons. The number of hydrogen-bond acceptors (Lipinski definition) is 5. The van der Waals surface area contributed by atoms with E-state index in [9.17, 15) is 4.79 Å². The molecule has 0 saturated carbocycles. The first-order valence-corrected chi connectivity index (χ1v) is 8.41. The Bertz CT molecular complexity index is 744. The predicted octanol–water partition coefficient (Wildman–Crippen LogP) is 3.53. The summed E-state index contributed by atoms with van der Waals surface area (Å²) in [6.45, 7) is 9.15. The molecule has 0 spiro atoms. The average Bonchev–Trinajstić information content (AvgIpc) is 2.56. The molecule has 6 heteroatoms. The van der Waals surface area contributed by atoms with Crippen LogP contribution in [-0.2, 0) is 4.74 Å². The highest BCUT2D eigenvalue weighted by Gasteiger charge is 2.15. The third-order valence-electron chi connectivity index (χ3n) is 3.85. The molecule has 0 aliphatic heterocycles. The summed E-state index contributed by atoms with van der Waals surface area (Å²) >= 11 is 0. The first-order valence-electron chi connectivity index (χ1n) is 8.41. The molecule has 1 amide bonds. The number of hydrogen-bond donors (Lipinski definition) is 2. The van der Waals surface area contributed by atoms with Crippen molar-refractivity contribution in [1.82, 2.24) is 9.97 Å². The van der Waals surface area contributed by atoms with Gasteiger partial charge in [-0.05, 0) is 30.9 Å². The summed E-state index contributed by atoms with van der Waals surface area (Å²) in [6.07, 6.45) is 0. The second-order valence-electron chi connectivity index (χ2n) is 6.25. The monoisotopic (exact) mass is 342 g/mol. The van der Waals surface area contributed by atoms with Gasteiger partial charge < -0.3 is 15.4 Å². The molecule has 0 aliphatic carbocycles. The minimum atomic E-state index is -0.239. The Kier molecular flexibility index (Phi) is 6.47. The van der Waals surface area contributed by atoms with E-state index in [4.69, 9.17) is 4.74 Å². The van der Waals surface area contributed by atoms with Gasteiger partial charge in [0.25, 0.3) is 5.91 Å². The van der Waals surface area contributed by atoms with Crippen LogP contribution >= 0.6 is 0 Å². The number of rotatable bonds is 7. The SMILES string of the molecule is COCCNc1cc(C(=O)Nc2c(C)cccc2C(C)C)nc(C)n1. The van der Waals surface area contributed by atoms with Crippen molar-refractivity contribution in [2.45, 2.75) is 33.6 Å². The molecule has 1 aromatic heterocycles. The summed E-state index contributed by atoms with van der Waals surface area (Å²) in [4.78, 5) is 21.3. The Morgan fingerprint density at radius 3 is 2.68 bits per heavy atom. The van der Waals surface area contributed by atoms with Crippen LogP contribution in [0.2, 0.25) is 0 Å². The van der Waals surface area contributed by atoms with E-state index in [1.165, 1.54) is 0 Å². The van der Waals surface area contributed by atoms with Gasteiger partial charge in [0.2, 0.25) is 0 Å². The van der Waals surface area contributed by atoms with Gasteiger partial charge in [0.1, 0.15) is 17.3 Å². The van der Waals surface area contributed by atoms with Gasteiger partial charge in [-0.15, -0.1) is 0 Å². The summed E-state index contributed by atoms with van der Waals surface area (Å²) in [7, 11) is 1.64. The molecule has 1 heterocycles. The number of ether oxygens (including phenoxy) is 1. The summed E-state index contributed by atoms with van der Waals surface area (Å²) < 4.78 is 5.01. The van der Waals surface area contributed by atoms with E-state index in [0.717, 1.165) is 16.8 Å². The molecule has 2 rings (SSSR count). The summed E-state index contributed by atoms with van der Waals surface area (Å²) in [6, 6.07) is 7.69. The fraction of sp³-hybridized carbons (Fsp3) is 0.421. The van der Waals surface area contributed by atoms with Gasteiger partial charge in [0.05, 0.1) is 6.61 Å². The third kappa shape index (κ3) is 5.00. The van der Waals surface area contributed by atoms with E-state index in [1.807, 2.05) is 25.1 Å². The van der Waals surface area contributed by atoms with E-state index in [0.29, 0.717) is 36.4 Å². The van der Waals surface area contributed by atoms with Gasteiger partial charge in [-0.2, -0.15) is 0 Å². The number of amides is 1. The third-order valence-corrected chi connectivity index (χ3v) is 3.85. The van der Waals surface area contributed by atoms with E-state index in [-0.39, 0.29) is 5.91 Å². The van der Waals surface area contributed by atoms with Crippen LogP contribution in [0.25, 0.3) is 0 Å². The van der Waals surface area contributed by atoms with Crippen LogP contribution in [0, 0.1) is 13.8 Å². The second kappa shape index (κ2) is 8.58. The van der Waals surface area contributed by atoms with Crippen molar-refractivity contribution < 1.29 is 9.53 Å². The topological polar surface area (TPSA) is 76.1 Å². The van der Waals surface area contributed by atoms with Crippen LogP contribution in [0.4, 0.5) is 11.5 Å². The van der Waals surface area contributed by atoms with Gasteiger partial charge in [-0.3, -0.25) is 4.79 Å². The summed E-state index contributed by atoms with van der Waals surface area (Å²) in [5.41, 5.74) is 3.33. The zero-order chi connectivity index (χ0) is 18.4. The van der Waals surface area contributed by atoms with Crippen molar-refractivity contribution in [2.24, 2.45) is 0 Å². The maximum Gasteiger partial charge on any atom is 0.274 e. The van der Waals surface area contributed by atoms with Crippen LogP contribution in [0.1, 0.15) is 47.2 Å².